The summed E-state index contributed by atoms with van der Waals surface area (Å²) in [5, 5.41) is 9.90. The summed E-state index contributed by atoms with van der Waals surface area (Å²) in [4.78, 5) is 15.1. The van der Waals surface area contributed by atoms with E-state index in [0.717, 1.165) is 0 Å². The van der Waals surface area contributed by atoms with Crippen LogP contribution in [0, 0.1) is 23.3 Å². The summed E-state index contributed by atoms with van der Waals surface area (Å²) in [5.41, 5.74) is -1.86. The molecule has 1 N–H and O–H groups in total. The van der Waals surface area contributed by atoms with Crippen molar-refractivity contribution in [3.8, 4) is 0 Å². The molecule has 0 fully saturated rings. The van der Waals surface area contributed by atoms with Crippen LogP contribution in [-0.2, 0) is 9.53 Å². The van der Waals surface area contributed by atoms with Gasteiger partial charge in [-0.25, -0.2) is 26.7 Å². The van der Waals surface area contributed by atoms with E-state index in [-0.39, 0.29) is 19.2 Å². The summed E-state index contributed by atoms with van der Waals surface area (Å²) >= 11 is 0. The molecule has 0 aliphatic rings. The van der Waals surface area contributed by atoms with Gasteiger partial charge in [0.1, 0.15) is 18.0 Å². The number of esters is 1. The Morgan fingerprint density at radius 3 is 2.48 bits per heavy atom. The molecular formula is C14H12F5NO3. The lowest BCUT2D eigenvalue weighted by Crippen LogP contribution is -2.13. The molecule has 1 rings (SSSR count). The Morgan fingerprint density at radius 2 is 1.91 bits per heavy atom. The highest BCUT2D eigenvalue weighted by molar-refractivity contribution is 6.15. The third-order valence-electron chi connectivity index (χ3n) is 2.54. The van der Waals surface area contributed by atoms with E-state index in [9.17, 15) is 31.9 Å². The van der Waals surface area contributed by atoms with Crippen molar-refractivity contribution >= 4 is 17.9 Å². The molecule has 0 amide bonds. The third-order valence-corrected chi connectivity index (χ3v) is 2.54. The van der Waals surface area contributed by atoms with Crippen molar-refractivity contribution in [3.63, 3.8) is 0 Å². The fourth-order valence-electron chi connectivity index (χ4n) is 1.51. The maximum atomic E-state index is 13.7. The minimum Gasteiger partial charge on any atom is -0.506 e. The number of aliphatic imine (C=N–C) groups is 1. The number of hydrogen-bond acceptors (Lipinski definition) is 4. The number of benzene rings is 1. The molecule has 0 radical (unpaired) electrons. The van der Waals surface area contributed by atoms with Gasteiger partial charge in [0, 0.05) is 6.21 Å². The van der Waals surface area contributed by atoms with Crippen LogP contribution in [0.1, 0.15) is 12.5 Å². The van der Waals surface area contributed by atoms with Crippen molar-refractivity contribution in [1.82, 2.24) is 0 Å². The normalized spacial score (nSPS) is 12.4. The lowest BCUT2D eigenvalue weighted by atomic mass is 10.1. The predicted molar refractivity (Wildman–Crippen MR) is 71.8 cm³/mol. The van der Waals surface area contributed by atoms with E-state index in [4.69, 9.17) is 0 Å². The number of rotatable bonds is 6. The van der Waals surface area contributed by atoms with Gasteiger partial charge >= 0.3 is 5.97 Å². The number of carbonyl (C=O) groups excluding carboxylic acids is 1. The Hall–Kier alpha value is -2.45. The monoisotopic (exact) mass is 337 g/mol. The standard InChI is InChI=1S/C14H12F5NO3/c1-2-23-14(22)8(6-20-4-3-15)13(21)7-5-9(16)11(18)12(19)10(7)17/h5-6,21H,2-4H2,1H3. The Labute approximate surface area is 127 Å². The molecule has 0 saturated heterocycles. The van der Waals surface area contributed by atoms with Crippen molar-refractivity contribution < 1.29 is 36.6 Å². The first kappa shape index (κ1) is 18.6. The van der Waals surface area contributed by atoms with Gasteiger partial charge in [-0.3, -0.25) is 4.99 Å². The number of aliphatic hydroxyl groups is 1. The highest BCUT2D eigenvalue weighted by Crippen LogP contribution is 2.25. The van der Waals surface area contributed by atoms with Gasteiger partial charge in [0.15, 0.2) is 23.3 Å². The van der Waals surface area contributed by atoms with Crippen LogP contribution in [0.2, 0.25) is 0 Å². The van der Waals surface area contributed by atoms with Crippen molar-refractivity contribution in [2.24, 2.45) is 4.99 Å². The highest BCUT2D eigenvalue weighted by Gasteiger charge is 2.24. The summed E-state index contributed by atoms with van der Waals surface area (Å²) < 4.78 is 69.6. The molecule has 0 atom stereocenters. The minimum absolute atomic E-state index is 0.124. The second kappa shape index (κ2) is 8.25. The Balaban J connectivity index is 3.49. The van der Waals surface area contributed by atoms with Gasteiger partial charge in [-0.2, -0.15) is 0 Å². The number of hydrogen-bond donors (Lipinski definition) is 1. The zero-order valence-corrected chi connectivity index (χ0v) is 11.9. The molecule has 23 heavy (non-hydrogen) atoms. The van der Waals surface area contributed by atoms with Crippen molar-refractivity contribution in [2.75, 3.05) is 19.8 Å². The van der Waals surface area contributed by atoms with Gasteiger partial charge in [-0.05, 0) is 13.0 Å². The maximum absolute atomic E-state index is 13.7. The van der Waals surface area contributed by atoms with E-state index in [1.54, 1.807) is 0 Å². The fourth-order valence-corrected chi connectivity index (χ4v) is 1.51. The molecule has 0 heterocycles. The van der Waals surface area contributed by atoms with E-state index >= 15 is 0 Å². The zero-order valence-electron chi connectivity index (χ0n) is 11.9. The molecule has 0 aromatic heterocycles. The summed E-state index contributed by atoms with van der Waals surface area (Å²) in [6.45, 7) is 0.0661. The first-order chi connectivity index (χ1) is 10.8. The molecule has 0 unspecified atom stereocenters. The third kappa shape index (κ3) is 4.27. The lowest BCUT2D eigenvalue weighted by molar-refractivity contribution is -0.137. The topological polar surface area (TPSA) is 58.9 Å². The molecule has 1 aromatic carbocycles. The van der Waals surface area contributed by atoms with Gasteiger partial charge in [0.2, 0.25) is 0 Å². The lowest BCUT2D eigenvalue weighted by Gasteiger charge is -2.09. The Kier molecular flexibility index (Phi) is 6.67. The number of aliphatic hydroxyl groups excluding tert-OH is 1. The van der Waals surface area contributed by atoms with E-state index in [1.807, 2.05) is 0 Å². The summed E-state index contributed by atoms with van der Waals surface area (Å²) in [6.07, 6.45) is 0.672. The first-order valence-corrected chi connectivity index (χ1v) is 6.34. The Morgan fingerprint density at radius 1 is 1.26 bits per heavy atom. The van der Waals surface area contributed by atoms with Gasteiger partial charge in [0.05, 0.1) is 18.7 Å². The molecular weight excluding hydrogens is 325 g/mol. The van der Waals surface area contributed by atoms with E-state index in [0.29, 0.717) is 6.21 Å². The molecule has 0 saturated carbocycles. The smallest absolute Gasteiger partial charge is 0.343 e. The van der Waals surface area contributed by atoms with Gasteiger partial charge in [0.25, 0.3) is 0 Å². The number of carbonyl (C=O) groups is 1. The number of alkyl halides is 1. The van der Waals surface area contributed by atoms with Crippen LogP contribution >= 0.6 is 0 Å². The molecule has 0 aliphatic heterocycles. The second-order valence-electron chi connectivity index (χ2n) is 4.05. The zero-order chi connectivity index (χ0) is 17.6. The van der Waals surface area contributed by atoms with Crippen molar-refractivity contribution in [1.29, 1.82) is 0 Å². The largest absolute Gasteiger partial charge is 0.506 e. The van der Waals surface area contributed by atoms with E-state index in [2.05, 4.69) is 9.73 Å². The molecule has 4 nitrogen and oxygen atoms in total. The van der Waals surface area contributed by atoms with Crippen LogP contribution in [0.5, 0.6) is 0 Å². The van der Waals surface area contributed by atoms with Gasteiger partial charge in [-0.1, -0.05) is 0 Å². The van der Waals surface area contributed by atoms with Crippen molar-refractivity contribution in [3.05, 3.63) is 40.5 Å². The predicted octanol–water partition coefficient (Wildman–Crippen LogP) is 3.12. The van der Waals surface area contributed by atoms with Crippen molar-refractivity contribution in [2.45, 2.75) is 6.92 Å². The number of ether oxygens (including phenoxy) is 1. The maximum Gasteiger partial charge on any atom is 0.343 e. The number of nitrogens with zero attached hydrogens (tertiary/aromatic N) is 1. The Bertz CT molecular complexity index is 658. The van der Waals surface area contributed by atoms with Crippen LogP contribution in [0.3, 0.4) is 0 Å². The molecule has 126 valence electrons. The second-order valence-corrected chi connectivity index (χ2v) is 4.05. The molecule has 0 aliphatic carbocycles. The molecule has 0 bridgehead atoms. The summed E-state index contributed by atoms with van der Waals surface area (Å²) in [7, 11) is 0. The van der Waals surface area contributed by atoms with Gasteiger partial charge < -0.3 is 9.84 Å². The molecule has 1 aromatic rings. The fraction of sp³-hybridized carbons (Fsp3) is 0.286. The average Bonchev–Trinajstić information content (AvgIpc) is 2.52. The van der Waals surface area contributed by atoms with E-state index in [1.165, 1.54) is 6.92 Å². The number of halogens is 5. The summed E-state index contributed by atoms with van der Waals surface area (Å²) in [5.74, 6) is -10.3. The quantitative estimate of drug-likeness (QED) is 0.165. The minimum atomic E-state index is -2.16. The molecule has 0 spiro atoms. The summed E-state index contributed by atoms with van der Waals surface area (Å²) in [6, 6.07) is 0.172. The molecule has 9 heteroatoms. The average molecular weight is 337 g/mol. The van der Waals surface area contributed by atoms with Crippen LogP contribution in [0.25, 0.3) is 5.76 Å². The van der Waals surface area contributed by atoms with Crippen LogP contribution in [-0.4, -0.2) is 37.1 Å². The van der Waals surface area contributed by atoms with Crippen LogP contribution in [0.15, 0.2) is 16.6 Å². The first-order valence-electron chi connectivity index (χ1n) is 6.34. The van der Waals surface area contributed by atoms with E-state index < -0.39 is 52.8 Å². The van der Waals surface area contributed by atoms with Crippen LogP contribution in [0.4, 0.5) is 22.0 Å². The van der Waals surface area contributed by atoms with Gasteiger partial charge in [-0.15, -0.1) is 0 Å². The SMILES string of the molecule is CCOC(=O)C(C=NCCF)=C(O)c1cc(F)c(F)c(F)c1F. The van der Waals surface area contributed by atoms with Crippen LogP contribution < -0.4 is 0 Å². The highest BCUT2D eigenvalue weighted by atomic mass is 19.2.